The predicted molar refractivity (Wildman–Crippen MR) is 115 cm³/mol. The van der Waals surface area contributed by atoms with E-state index in [1.54, 1.807) is 19.2 Å². The van der Waals surface area contributed by atoms with Crippen molar-refractivity contribution in [2.24, 2.45) is 12.8 Å². The van der Waals surface area contributed by atoms with Crippen LogP contribution in [0, 0.1) is 0 Å². The summed E-state index contributed by atoms with van der Waals surface area (Å²) in [6.45, 7) is 0.283. The number of fused-ring (bicyclic) bond motifs is 2. The van der Waals surface area contributed by atoms with E-state index in [9.17, 15) is 9.59 Å². The maximum Gasteiger partial charge on any atom is 0.274 e. The molecule has 1 heterocycles. The second-order valence-corrected chi connectivity index (χ2v) is 7.06. The van der Waals surface area contributed by atoms with Gasteiger partial charge in [-0.2, -0.15) is 5.10 Å². The van der Waals surface area contributed by atoms with E-state index in [4.69, 9.17) is 5.73 Å². The molecule has 3 aromatic carbocycles. The van der Waals surface area contributed by atoms with Gasteiger partial charge in [-0.15, -0.1) is 0 Å². The highest BCUT2D eigenvalue weighted by molar-refractivity contribution is 5.88. The second-order valence-electron chi connectivity index (χ2n) is 7.06. The Morgan fingerprint density at radius 2 is 1.72 bits per heavy atom. The van der Waals surface area contributed by atoms with Crippen molar-refractivity contribution in [2.45, 2.75) is 12.5 Å². The van der Waals surface area contributed by atoms with Crippen molar-refractivity contribution in [2.75, 3.05) is 6.54 Å². The Hall–Kier alpha value is -3.51. The first-order valence-corrected chi connectivity index (χ1v) is 9.50. The number of benzene rings is 3. The minimum Gasteiger partial charge on any atom is -0.348 e. The molecular weight excluding hydrogens is 364 g/mol. The molecule has 29 heavy (non-hydrogen) atoms. The van der Waals surface area contributed by atoms with Crippen molar-refractivity contribution in [3.8, 4) is 0 Å². The normalized spacial score (nSPS) is 12.2. The molecule has 0 aliphatic rings. The molecule has 0 aliphatic heterocycles. The van der Waals surface area contributed by atoms with Gasteiger partial charge in [-0.25, -0.2) is 4.68 Å². The fourth-order valence-corrected chi connectivity index (χ4v) is 3.61. The molecule has 0 aliphatic carbocycles. The Morgan fingerprint density at radius 3 is 2.48 bits per heavy atom. The molecule has 0 saturated heterocycles. The summed E-state index contributed by atoms with van der Waals surface area (Å²) < 4.78 is 1.27. The molecule has 0 spiro atoms. The molecule has 0 radical (unpaired) electrons. The lowest BCUT2D eigenvalue weighted by molar-refractivity contribution is -0.121. The van der Waals surface area contributed by atoms with Gasteiger partial charge in [0.1, 0.15) is 0 Å². The number of hydrogen-bond acceptors (Lipinski definition) is 4. The maximum absolute atomic E-state index is 12.8. The first kappa shape index (κ1) is 18.8. The van der Waals surface area contributed by atoms with Gasteiger partial charge in [-0.05, 0) is 28.5 Å². The van der Waals surface area contributed by atoms with Crippen LogP contribution < -0.4 is 16.6 Å². The van der Waals surface area contributed by atoms with E-state index in [0.717, 1.165) is 16.3 Å². The monoisotopic (exact) mass is 386 g/mol. The van der Waals surface area contributed by atoms with Crippen LogP contribution in [0.15, 0.2) is 71.5 Å². The molecule has 6 heteroatoms. The number of hydrogen-bond donors (Lipinski definition) is 2. The van der Waals surface area contributed by atoms with E-state index in [-0.39, 0.29) is 30.5 Å². The molecule has 0 bridgehead atoms. The molecule has 3 N–H and O–H groups in total. The standard InChI is InChI=1S/C23H22N4O2/c1-27-23(29)19-9-5-4-8-18(19)20(26-27)13-22(28)25-21(14-24)17-11-10-15-6-2-3-7-16(15)12-17/h2-12,21H,13-14,24H2,1H3,(H,25,28). The largest absolute Gasteiger partial charge is 0.348 e. The van der Waals surface area contributed by atoms with Crippen LogP contribution in [0.3, 0.4) is 0 Å². The Morgan fingerprint density at radius 1 is 1.03 bits per heavy atom. The Bertz CT molecular complexity index is 1260. The van der Waals surface area contributed by atoms with Crippen molar-refractivity contribution in [1.82, 2.24) is 15.1 Å². The number of nitrogens with zero attached hydrogens (tertiary/aromatic N) is 2. The van der Waals surface area contributed by atoms with E-state index in [1.165, 1.54) is 4.68 Å². The van der Waals surface area contributed by atoms with Crippen LogP contribution in [0.25, 0.3) is 21.5 Å². The van der Waals surface area contributed by atoms with E-state index in [2.05, 4.69) is 10.4 Å². The van der Waals surface area contributed by atoms with Crippen LogP contribution >= 0.6 is 0 Å². The number of carbonyl (C=O) groups excluding carboxylic acids is 1. The summed E-state index contributed by atoms with van der Waals surface area (Å²) in [7, 11) is 1.59. The Balaban J connectivity index is 1.59. The summed E-state index contributed by atoms with van der Waals surface area (Å²) in [4.78, 5) is 25.0. The van der Waals surface area contributed by atoms with Gasteiger partial charge in [-0.1, -0.05) is 54.6 Å². The SMILES string of the molecule is Cn1nc(CC(=O)NC(CN)c2ccc3ccccc3c2)c2ccccc2c1=O. The van der Waals surface area contributed by atoms with Crippen LogP contribution in [0.2, 0.25) is 0 Å². The molecule has 0 saturated carbocycles. The Kier molecular flexibility index (Phi) is 5.10. The highest BCUT2D eigenvalue weighted by atomic mass is 16.2. The average Bonchev–Trinajstić information content (AvgIpc) is 2.75. The summed E-state index contributed by atoms with van der Waals surface area (Å²) in [5.41, 5.74) is 7.29. The van der Waals surface area contributed by atoms with E-state index in [1.807, 2.05) is 54.6 Å². The van der Waals surface area contributed by atoms with Crippen LogP contribution in [-0.2, 0) is 18.3 Å². The smallest absolute Gasteiger partial charge is 0.274 e. The third kappa shape index (κ3) is 3.75. The van der Waals surface area contributed by atoms with Crippen molar-refractivity contribution in [1.29, 1.82) is 0 Å². The van der Waals surface area contributed by atoms with Crippen molar-refractivity contribution >= 4 is 27.5 Å². The van der Waals surface area contributed by atoms with Gasteiger partial charge in [-0.3, -0.25) is 9.59 Å². The van der Waals surface area contributed by atoms with Gasteiger partial charge in [0.25, 0.3) is 5.56 Å². The van der Waals surface area contributed by atoms with Gasteiger partial charge in [0.2, 0.25) is 5.91 Å². The fourth-order valence-electron chi connectivity index (χ4n) is 3.61. The molecule has 146 valence electrons. The summed E-state index contributed by atoms with van der Waals surface area (Å²) >= 11 is 0. The summed E-state index contributed by atoms with van der Waals surface area (Å²) in [6, 6.07) is 21.0. The zero-order valence-corrected chi connectivity index (χ0v) is 16.1. The molecule has 1 amide bonds. The second kappa shape index (κ2) is 7.85. The first-order valence-electron chi connectivity index (χ1n) is 9.50. The predicted octanol–water partition coefficient (Wildman–Crippen LogP) is 2.45. The van der Waals surface area contributed by atoms with Gasteiger partial charge >= 0.3 is 0 Å². The number of carbonyl (C=O) groups is 1. The molecule has 0 fully saturated rings. The van der Waals surface area contributed by atoms with E-state index in [0.29, 0.717) is 16.5 Å². The minimum atomic E-state index is -0.300. The van der Waals surface area contributed by atoms with Crippen molar-refractivity contribution < 1.29 is 4.79 Å². The summed E-state index contributed by atoms with van der Waals surface area (Å²) in [5, 5.41) is 10.8. The highest BCUT2D eigenvalue weighted by Gasteiger charge is 2.17. The maximum atomic E-state index is 12.8. The molecule has 1 atom stereocenters. The average molecular weight is 386 g/mol. The number of nitrogens with two attached hydrogens (primary N) is 1. The number of aromatic nitrogens is 2. The number of amides is 1. The quantitative estimate of drug-likeness (QED) is 0.551. The van der Waals surface area contributed by atoms with Crippen LogP contribution in [0.4, 0.5) is 0 Å². The summed E-state index contributed by atoms with van der Waals surface area (Å²) in [5.74, 6) is -0.190. The summed E-state index contributed by atoms with van der Waals surface area (Å²) in [6.07, 6.45) is 0.0682. The number of aryl methyl sites for hydroxylation is 1. The van der Waals surface area contributed by atoms with Gasteiger partial charge in [0, 0.05) is 19.0 Å². The van der Waals surface area contributed by atoms with E-state index >= 15 is 0 Å². The van der Waals surface area contributed by atoms with Crippen LogP contribution in [0.5, 0.6) is 0 Å². The fraction of sp³-hybridized carbons (Fsp3) is 0.174. The lowest BCUT2D eigenvalue weighted by Gasteiger charge is -2.18. The van der Waals surface area contributed by atoms with Crippen LogP contribution in [-0.4, -0.2) is 22.2 Å². The third-order valence-electron chi connectivity index (χ3n) is 5.11. The minimum absolute atomic E-state index is 0.0682. The molecule has 4 rings (SSSR count). The van der Waals surface area contributed by atoms with Gasteiger partial charge in [0.15, 0.2) is 0 Å². The highest BCUT2D eigenvalue weighted by Crippen LogP contribution is 2.20. The third-order valence-corrected chi connectivity index (χ3v) is 5.11. The van der Waals surface area contributed by atoms with E-state index < -0.39 is 0 Å². The first-order chi connectivity index (χ1) is 14.1. The number of rotatable bonds is 5. The molecule has 1 aromatic heterocycles. The zero-order chi connectivity index (χ0) is 20.4. The molecule has 6 nitrogen and oxygen atoms in total. The van der Waals surface area contributed by atoms with Crippen molar-refractivity contribution in [3.05, 3.63) is 88.3 Å². The number of nitrogens with one attached hydrogen (secondary N) is 1. The molecular formula is C23H22N4O2. The topological polar surface area (TPSA) is 90.0 Å². The lowest BCUT2D eigenvalue weighted by Crippen LogP contribution is -2.35. The molecule has 4 aromatic rings. The van der Waals surface area contributed by atoms with Gasteiger partial charge < -0.3 is 11.1 Å². The van der Waals surface area contributed by atoms with Crippen molar-refractivity contribution in [3.63, 3.8) is 0 Å². The lowest BCUT2D eigenvalue weighted by atomic mass is 10.0. The molecule has 1 unspecified atom stereocenters. The van der Waals surface area contributed by atoms with Crippen LogP contribution in [0.1, 0.15) is 17.3 Å². The zero-order valence-electron chi connectivity index (χ0n) is 16.1. The van der Waals surface area contributed by atoms with Gasteiger partial charge in [0.05, 0.1) is 23.5 Å². The Labute approximate surface area is 168 Å².